The first-order valence-corrected chi connectivity index (χ1v) is 7.50. The average molecular weight is 281 g/mol. The zero-order chi connectivity index (χ0) is 14.2. The zero-order valence-corrected chi connectivity index (χ0v) is 12.3. The van der Waals surface area contributed by atoms with Gasteiger partial charge in [0.25, 0.3) is 0 Å². The summed E-state index contributed by atoms with van der Waals surface area (Å²) in [4.78, 5) is 14.2. The first kappa shape index (κ1) is 13.9. The molecule has 3 rings (SSSR count). The Balaban J connectivity index is 1.76. The van der Waals surface area contributed by atoms with Crippen molar-refractivity contribution >= 4 is 5.97 Å². The highest BCUT2D eigenvalue weighted by Gasteiger charge is 2.43. The third kappa shape index (κ3) is 2.44. The normalized spacial score (nSPS) is 28.7. The van der Waals surface area contributed by atoms with Crippen LogP contribution < -0.4 is 0 Å². The predicted octanol–water partition coefficient (Wildman–Crippen LogP) is 1.68. The fraction of sp³-hybridized carbons (Fsp3) is 0.800. The van der Waals surface area contributed by atoms with E-state index in [9.17, 15) is 4.79 Å². The lowest BCUT2D eigenvalue weighted by molar-refractivity contribution is -0.167. The summed E-state index contributed by atoms with van der Waals surface area (Å²) in [6, 6.07) is 0. The number of allylic oxidation sites excluding steroid dienone is 1. The highest BCUT2D eigenvalue weighted by molar-refractivity contribution is 5.73. The van der Waals surface area contributed by atoms with Crippen molar-refractivity contribution in [1.29, 1.82) is 0 Å². The Morgan fingerprint density at radius 2 is 2.20 bits per heavy atom. The molecule has 1 spiro atoms. The van der Waals surface area contributed by atoms with E-state index >= 15 is 0 Å². The van der Waals surface area contributed by atoms with Gasteiger partial charge in [0.1, 0.15) is 0 Å². The lowest BCUT2D eigenvalue weighted by atomic mass is 9.82. The summed E-state index contributed by atoms with van der Waals surface area (Å²) in [5, 5.41) is 0. The van der Waals surface area contributed by atoms with Gasteiger partial charge in [0.2, 0.25) is 0 Å². The van der Waals surface area contributed by atoms with Crippen LogP contribution in [0.25, 0.3) is 0 Å². The molecule has 20 heavy (non-hydrogen) atoms. The number of hydrogen-bond donors (Lipinski definition) is 0. The van der Waals surface area contributed by atoms with Gasteiger partial charge in [0.05, 0.1) is 25.7 Å². The maximum Gasteiger partial charge on any atom is 0.311 e. The van der Waals surface area contributed by atoms with E-state index in [1.54, 1.807) is 0 Å². The van der Waals surface area contributed by atoms with Crippen molar-refractivity contribution < 1.29 is 19.0 Å². The number of hydrogen-bond acceptors (Lipinski definition) is 5. The van der Waals surface area contributed by atoms with Gasteiger partial charge in [-0.2, -0.15) is 0 Å². The molecule has 112 valence electrons. The fourth-order valence-corrected chi connectivity index (χ4v) is 3.62. The van der Waals surface area contributed by atoms with Crippen LogP contribution in [0.3, 0.4) is 0 Å². The summed E-state index contributed by atoms with van der Waals surface area (Å²) in [7, 11) is 2.06. The largest absolute Gasteiger partial charge is 0.466 e. The first-order chi connectivity index (χ1) is 9.63. The van der Waals surface area contributed by atoms with Gasteiger partial charge in [-0.15, -0.1) is 0 Å². The Bertz CT molecular complexity index is 426. The van der Waals surface area contributed by atoms with Crippen molar-refractivity contribution in [2.45, 2.75) is 38.4 Å². The van der Waals surface area contributed by atoms with Crippen LogP contribution in [-0.4, -0.2) is 50.1 Å². The molecule has 1 unspecified atom stereocenters. The molecule has 0 N–H and O–H groups in total. The minimum atomic E-state index is -0.420. The SMILES string of the molecule is CCOC(=O)C1CC2=C(CCC3(C2)OCCO3)N(C)C1. The van der Waals surface area contributed by atoms with Crippen molar-refractivity contribution in [3.63, 3.8) is 0 Å². The molecule has 3 aliphatic rings. The van der Waals surface area contributed by atoms with E-state index in [1.165, 1.54) is 11.3 Å². The smallest absolute Gasteiger partial charge is 0.311 e. The highest BCUT2D eigenvalue weighted by atomic mass is 16.7. The first-order valence-electron chi connectivity index (χ1n) is 7.50. The van der Waals surface area contributed by atoms with E-state index in [0.29, 0.717) is 19.8 Å². The topological polar surface area (TPSA) is 48.0 Å². The van der Waals surface area contributed by atoms with Crippen LogP contribution in [0.5, 0.6) is 0 Å². The van der Waals surface area contributed by atoms with Crippen LogP contribution >= 0.6 is 0 Å². The van der Waals surface area contributed by atoms with E-state index in [-0.39, 0.29) is 11.9 Å². The predicted molar refractivity (Wildman–Crippen MR) is 72.9 cm³/mol. The third-order valence-electron chi connectivity index (χ3n) is 4.51. The number of carbonyl (C=O) groups excluding carboxylic acids is 1. The molecule has 0 aromatic carbocycles. The molecule has 1 fully saturated rings. The number of carbonyl (C=O) groups is 1. The van der Waals surface area contributed by atoms with Crippen molar-refractivity contribution in [2.75, 3.05) is 33.4 Å². The molecule has 1 atom stereocenters. The Hall–Kier alpha value is -1.07. The summed E-state index contributed by atoms with van der Waals surface area (Å²) in [6.07, 6.45) is 3.47. The number of rotatable bonds is 2. The van der Waals surface area contributed by atoms with Crippen LogP contribution in [0.2, 0.25) is 0 Å². The van der Waals surface area contributed by atoms with E-state index in [4.69, 9.17) is 14.2 Å². The Morgan fingerprint density at radius 3 is 2.90 bits per heavy atom. The standard InChI is InChI=1S/C15H23NO4/c1-3-18-14(17)12-8-11-9-15(19-6-7-20-15)5-4-13(11)16(2)10-12/h12H,3-10H2,1-2H3. The monoisotopic (exact) mass is 281 g/mol. The van der Waals surface area contributed by atoms with Crippen molar-refractivity contribution in [3.05, 3.63) is 11.3 Å². The van der Waals surface area contributed by atoms with E-state index in [2.05, 4.69) is 11.9 Å². The van der Waals surface area contributed by atoms with E-state index in [0.717, 1.165) is 32.2 Å². The molecule has 0 radical (unpaired) electrons. The molecule has 5 nitrogen and oxygen atoms in total. The molecular formula is C15H23NO4. The van der Waals surface area contributed by atoms with Gasteiger partial charge in [0.15, 0.2) is 5.79 Å². The molecule has 0 aromatic rings. The van der Waals surface area contributed by atoms with Crippen molar-refractivity contribution in [3.8, 4) is 0 Å². The fourth-order valence-electron chi connectivity index (χ4n) is 3.62. The Morgan fingerprint density at radius 1 is 1.45 bits per heavy atom. The van der Waals surface area contributed by atoms with Gasteiger partial charge in [-0.25, -0.2) is 0 Å². The molecule has 0 bridgehead atoms. The molecule has 0 amide bonds. The van der Waals surface area contributed by atoms with Crippen LogP contribution in [0.4, 0.5) is 0 Å². The molecular weight excluding hydrogens is 258 g/mol. The van der Waals surface area contributed by atoms with Crippen LogP contribution in [0.1, 0.15) is 32.6 Å². The van der Waals surface area contributed by atoms with E-state index < -0.39 is 5.79 Å². The van der Waals surface area contributed by atoms with Crippen LogP contribution in [-0.2, 0) is 19.0 Å². The van der Waals surface area contributed by atoms with Crippen molar-refractivity contribution in [1.82, 2.24) is 4.90 Å². The Labute approximate surface area is 119 Å². The van der Waals surface area contributed by atoms with Gasteiger partial charge in [-0.05, 0) is 25.3 Å². The highest BCUT2D eigenvalue weighted by Crippen LogP contribution is 2.43. The maximum absolute atomic E-state index is 12.0. The summed E-state index contributed by atoms with van der Waals surface area (Å²) in [5.41, 5.74) is 2.68. The maximum atomic E-state index is 12.0. The van der Waals surface area contributed by atoms with Crippen LogP contribution in [0.15, 0.2) is 11.3 Å². The number of nitrogens with zero attached hydrogens (tertiary/aromatic N) is 1. The molecule has 0 aromatic heterocycles. The second kappa shape index (κ2) is 5.37. The second-order valence-corrected chi connectivity index (χ2v) is 5.87. The second-order valence-electron chi connectivity index (χ2n) is 5.87. The van der Waals surface area contributed by atoms with Crippen LogP contribution in [0, 0.1) is 5.92 Å². The summed E-state index contributed by atoms with van der Waals surface area (Å²) < 4.78 is 16.8. The lowest BCUT2D eigenvalue weighted by Gasteiger charge is -2.42. The Kier molecular flexibility index (Phi) is 3.73. The number of esters is 1. The summed E-state index contributed by atoms with van der Waals surface area (Å²) >= 11 is 0. The molecule has 2 heterocycles. The van der Waals surface area contributed by atoms with Gasteiger partial charge < -0.3 is 19.1 Å². The van der Waals surface area contributed by atoms with Gasteiger partial charge in [-0.1, -0.05) is 0 Å². The molecule has 0 saturated carbocycles. The lowest BCUT2D eigenvalue weighted by Crippen LogP contribution is -2.42. The molecule has 1 aliphatic carbocycles. The molecule has 2 aliphatic heterocycles. The molecule has 5 heteroatoms. The van der Waals surface area contributed by atoms with E-state index in [1.807, 2.05) is 6.92 Å². The van der Waals surface area contributed by atoms with Crippen molar-refractivity contribution in [2.24, 2.45) is 5.92 Å². The summed E-state index contributed by atoms with van der Waals surface area (Å²) in [6.45, 7) is 4.41. The summed E-state index contributed by atoms with van der Waals surface area (Å²) in [5.74, 6) is -0.565. The van der Waals surface area contributed by atoms with Gasteiger partial charge in [0, 0.05) is 32.1 Å². The quantitative estimate of drug-likeness (QED) is 0.721. The molecule has 1 saturated heterocycles. The van der Waals surface area contributed by atoms with Gasteiger partial charge in [-0.3, -0.25) is 4.79 Å². The zero-order valence-electron chi connectivity index (χ0n) is 12.3. The minimum Gasteiger partial charge on any atom is -0.466 e. The number of ether oxygens (including phenoxy) is 3. The third-order valence-corrected chi connectivity index (χ3v) is 4.51. The average Bonchev–Trinajstić information content (AvgIpc) is 2.86. The van der Waals surface area contributed by atoms with Gasteiger partial charge >= 0.3 is 5.97 Å². The minimum absolute atomic E-state index is 0.0600.